The fraction of sp³-hybridized carbons (Fsp3) is 0.235. The Morgan fingerprint density at radius 2 is 1.56 bits per heavy atom. The number of carbonyl (C=O) groups excluding carboxylic acids is 1. The third-order valence-corrected chi connectivity index (χ3v) is 6.98. The molecule has 0 atom stereocenters. The maximum atomic E-state index is 13.3. The summed E-state index contributed by atoms with van der Waals surface area (Å²) in [7, 11) is 0. The molecule has 0 spiro atoms. The highest BCUT2D eigenvalue weighted by molar-refractivity contribution is 5.85. The van der Waals surface area contributed by atoms with Gasteiger partial charge in [-0.05, 0) is 55.2 Å². The van der Waals surface area contributed by atoms with Crippen LogP contribution >= 0.6 is 0 Å². The van der Waals surface area contributed by atoms with E-state index in [4.69, 9.17) is 9.51 Å². The summed E-state index contributed by atoms with van der Waals surface area (Å²) in [6.45, 7) is 7.69. The van der Waals surface area contributed by atoms with E-state index in [9.17, 15) is 9.59 Å². The number of ketones is 1. The van der Waals surface area contributed by atoms with Gasteiger partial charge in [0.05, 0.1) is 5.69 Å². The lowest BCUT2D eigenvalue weighted by Crippen LogP contribution is -2.25. The molecule has 2 aromatic heterocycles. The molecule has 7 nitrogen and oxygen atoms in total. The van der Waals surface area contributed by atoms with Crippen molar-refractivity contribution in [3.8, 4) is 22.6 Å². The highest BCUT2D eigenvalue weighted by Gasteiger charge is 2.18. The fourth-order valence-corrected chi connectivity index (χ4v) is 4.97. The first kappa shape index (κ1) is 27.8. The van der Waals surface area contributed by atoms with Crippen LogP contribution in [0.5, 0.6) is 0 Å². The van der Waals surface area contributed by atoms with Gasteiger partial charge in [-0.2, -0.15) is 0 Å². The van der Waals surface area contributed by atoms with Gasteiger partial charge in [-0.3, -0.25) is 14.3 Å². The van der Waals surface area contributed by atoms with Gasteiger partial charge in [0.2, 0.25) is 0 Å². The van der Waals surface area contributed by atoms with Gasteiger partial charge in [-0.15, -0.1) is 0 Å². The third kappa shape index (κ3) is 7.06. The molecule has 0 saturated carbocycles. The van der Waals surface area contributed by atoms with Gasteiger partial charge in [-0.1, -0.05) is 89.9 Å². The number of hydrogen-bond donors (Lipinski definition) is 1. The molecule has 3 aromatic carbocycles. The van der Waals surface area contributed by atoms with Crippen molar-refractivity contribution in [2.75, 3.05) is 11.4 Å². The molecule has 208 valence electrons. The average molecular weight is 547 g/mol. The summed E-state index contributed by atoms with van der Waals surface area (Å²) in [4.78, 5) is 35.1. The number of benzene rings is 3. The van der Waals surface area contributed by atoms with Crippen molar-refractivity contribution in [3.05, 3.63) is 123 Å². The zero-order valence-electron chi connectivity index (χ0n) is 23.7. The number of carbonyl (C=O) groups is 1. The molecule has 41 heavy (non-hydrogen) atoms. The number of pyridine rings is 1. The van der Waals surface area contributed by atoms with Crippen LogP contribution in [0.2, 0.25) is 0 Å². The van der Waals surface area contributed by atoms with E-state index in [-0.39, 0.29) is 12.2 Å². The lowest BCUT2D eigenvalue weighted by atomic mass is 9.97. The van der Waals surface area contributed by atoms with Crippen molar-refractivity contribution in [3.63, 3.8) is 0 Å². The highest BCUT2D eigenvalue weighted by Crippen LogP contribution is 2.32. The van der Waals surface area contributed by atoms with E-state index in [0.717, 1.165) is 41.0 Å². The minimum absolute atomic E-state index is 0.132. The van der Waals surface area contributed by atoms with E-state index < -0.39 is 5.76 Å². The van der Waals surface area contributed by atoms with Crippen LogP contribution in [0.4, 0.5) is 5.82 Å². The number of nitrogens with one attached hydrogen (secondary N) is 1. The summed E-state index contributed by atoms with van der Waals surface area (Å²) >= 11 is 0. The molecule has 5 aromatic rings. The summed E-state index contributed by atoms with van der Waals surface area (Å²) in [5.41, 5.74) is 7.49. The van der Waals surface area contributed by atoms with Crippen LogP contribution < -0.4 is 10.7 Å². The molecule has 0 fully saturated rings. The molecule has 0 amide bonds. The van der Waals surface area contributed by atoms with E-state index in [0.29, 0.717) is 30.0 Å². The lowest BCUT2D eigenvalue weighted by molar-refractivity contribution is -0.117. The van der Waals surface area contributed by atoms with Crippen molar-refractivity contribution in [1.82, 2.24) is 15.1 Å². The number of rotatable bonds is 11. The van der Waals surface area contributed by atoms with Gasteiger partial charge in [-0.25, -0.2) is 9.78 Å². The first-order valence-electron chi connectivity index (χ1n) is 13.9. The van der Waals surface area contributed by atoms with Crippen molar-refractivity contribution >= 4 is 11.6 Å². The SMILES string of the molecule is CCCN(Cc1ccccc1)c1cc(CC(=O)Cc2ccc(C)cc2)cc(-c2cc(C)ccc2-c2noc(=O)[nH]2)n1. The summed E-state index contributed by atoms with van der Waals surface area (Å²) in [6, 6.07) is 28.3. The lowest BCUT2D eigenvalue weighted by Gasteiger charge is -2.25. The first-order chi connectivity index (χ1) is 19.9. The monoisotopic (exact) mass is 546 g/mol. The van der Waals surface area contributed by atoms with Crippen molar-refractivity contribution in [2.45, 2.75) is 46.6 Å². The molecule has 0 unspecified atom stereocenters. The van der Waals surface area contributed by atoms with Crippen molar-refractivity contribution < 1.29 is 9.32 Å². The van der Waals surface area contributed by atoms with Crippen LogP contribution in [0.1, 0.15) is 41.2 Å². The fourth-order valence-electron chi connectivity index (χ4n) is 4.97. The van der Waals surface area contributed by atoms with Crippen molar-refractivity contribution in [2.24, 2.45) is 0 Å². The topological polar surface area (TPSA) is 92.1 Å². The molecular weight excluding hydrogens is 512 g/mol. The molecular formula is C34H34N4O3. The second-order valence-corrected chi connectivity index (χ2v) is 10.5. The quantitative estimate of drug-likeness (QED) is 0.204. The van der Waals surface area contributed by atoms with Crippen LogP contribution in [0.3, 0.4) is 0 Å². The van der Waals surface area contributed by atoms with Gasteiger partial charge >= 0.3 is 5.76 Å². The predicted molar refractivity (Wildman–Crippen MR) is 162 cm³/mol. The Labute approximate surface area is 239 Å². The molecule has 0 radical (unpaired) electrons. The number of nitrogens with zero attached hydrogens (tertiary/aromatic N) is 3. The number of H-pyrrole nitrogens is 1. The Bertz CT molecular complexity index is 1690. The van der Waals surface area contributed by atoms with Crippen LogP contribution in [-0.4, -0.2) is 27.5 Å². The number of Topliss-reactive ketones (excluding diaryl/α,β-unsaturated/α-hetero) is 1. The van der Waals surface area contributed by atoms with Gasteiger partial charge in [0.15, 0.2) is 5.82 Å². The Morgan fingerprint density at radius 1 is 0.829 bits per heavy atom. The molecule has 0 bridgehead atoms. The van der Waals surface area contributed by atoms with Crippen molar-refractivity contribution in [1.29, 1.82) is 0 Å². The number of anilines is 1. The Morgan fingerprint density at radius 3 is 2.27 bits per heavy atom. The summed E-state index contributed by atoms with van der Waals surface area (Å²) in [6.07, 6.45) is 1.59. The third-order valence-electron chi connectivity index (χ3n) is 6.98. The Balaban J connectivity index is 1.57. The van der Waals surface area contributed by atoms with Crippen LogP contribution in [0.25, 0.3) is 22.6 Å². The maximum Gasteiger partial charge on any atom is 0.439 e. The standard InChI is InChI=1S/C34H34N4O3/c1-4-16-38(22-26-8-6-5-7-9-26)32-21-27(19-28(39)18-25-13-10-23(2)11-14-25)20-31(35-32)30-17-24(3)12-15-29(30)33-36-34(40)41-37-33/h5-15,17,20-21H,4,16,18-19,22H2,1-3H3,(H,36,37,40). The molecule has 1 N–H and O–H groups in total. The maximum absolute atomic E-state index is 13.3. The number of hydrogen-bond acceptors (Lipinski definition) is 6. The Kier molecular flexibility index (Phi) is 8.53. The molecule has 0 aliphatic carbocycles. The number of aromatic nitrogens is 3. The summed E-state index contributed by atoms with van der Waals surface area (Å²) in [5, 5.41) is 3.93. The van der Waals surface area contributed by atoms with E-state index in [1.165, 1.54) is 11.1 Å². The minimum atomic E-state index is -0.618. The molecule has 0 aliphatic heterocycles. The van der Waals surface area contributed by atoms with Crippen LogP contribution in [-0.2, 0) is 24.2 Å². The van der Waals surface area contributed by atoms with E-state index in [2.05, 4.69) is 34.1 Å². The predicted octanol–water partition coefficient (Wildman–Crippen LogP) is 6.48. The van der Waals surface area contributed by atoms with Crippen LogP contribution in [0, 0.1) is 13.8 Å². The molecule has 0 aliphatic rings. The highest BCUT2D eigenvalue weighted by atomic mass is 16.5. The normalized spacial score (nSPS) is 11.0. The summed E-state index contributed by atoms with van der Waals surface area (Å²) in [5.74, 6) is 0.649. The Hall–Kier alpha value is -4.78. The average Bonchev–Trinajstić information content (AvgIpc) is 3.40. The molecule has 7 heteroatoms. The second kappa shape index (κ2) is 12.6. The minimum Gasteiger partial charge on any atom is -0.352 e. The van der Waals surface area contributed by atoms with Gasteiger partial charge in [0.25, 0.3) is 0 Å². The van der Waals surface area contributed by atoms with Gasteiger partial charge in [0.1, 0.15) is 11.6 Å². The zero-order valence-corrected chi connectivity index (χ0v) is 23.7. The number of aryl methyl sites for hydroxylation is 2. The van der Waals surface area contributed by atoms with Crippen LogP contribution in [0.15, 0.2) is 94.2 Å². The second-order valence-electron chi connectivity index (χ2n) is 10.5. The zero-order chi connectivity index (χ0) is 28.8. The first-order valence-corrected chi connectivity index (χ1v) is 13.9. The van der Waals surface area contributed by atoms with Gasteiger partial charge < -0.3 is 4.90 Å². The van der Waals surface area contributed by atoms with E-state index in [1.54, 1.807) is 0 Å². The van der Waals surface area contributed by atoms with E-state index in [1.807, 2.05) is 86.6 Å². The summed E-state index contributed by atoms with van der Waals surface area (Å²) < 4.78 is 4.81. The molecule has 2 heterocycles. The molecule has 5 rings (SSSR count). The smallest absolute Gasteiger partial charge is 0.352 e. The molecule has 0 saturated heterocycles. The van der Waals surface area contributed by atoms with E-state index >= 15 is 0 Å². The largest absolute Gasteiger partial charge is 0.439 e. The number of aromatic amines is 1. The van der Waals surface area contributed by atoms with Gasteiger partial charge in [0, 0.05) is 37.1 Å².